The first-order valence-electron chi connectivity index (χ1n) is 8.65. The van der Waals surface area contributed by atoms with Gasteiger partial charge in [0.2, 0.25) is 0 Å². The van der Waals surface area contributed by atoms with Crippen molar-refractivity contribution in [1.82, 2.24) is 11.1 Å². The van der Waals surface area contributed by atoms with Crippen LogP contribution in [-0.2, 0) is 0 Å². The first-order chi connectivity index (χ1) is 10.7. The highest BCUT2D eigenvalue weighted by molar-refractivity contribution is 6.43. The lowest BCUT2D eigenvalue weighted by atomic mass is 9.87. The van der Waals surface area contributed by atoms with Gasteiger partial charge in [-0.15, -0.1) is 12.4 Å². The highest BCUT2D eigenvalue weighted by atomic mass is 35.5. The summed E-state index contributed by atoms with van der Waals surface area (Å²) in [7, 11) is 0. The molecule has 0 aromatic heterocycles. The first-order valence-corrected chi connectivity index (χ1v) is 9.41. The Balaban J connectivity index is 0.00000144. The molecule has 2 fully saturated rings. The smallest absolute Gasteiger partial charge is 0.0825 e. The molecule has 0 amide bonds. The second-order valence-electron chi connectivity index (χ2n) is 6.69. The lowest BCUT2D eigenvalue weighted by Crippen LogP contribution is -2.47. The highest BCUT2D eigenvalue weighted by Gasteiger charge is 2.21. The number of halogens is 3. The van der Waals surface area contributed by atoms with E-state index in [2.05, 4.69) is 15.9 Å². The molecule has 1 aliphatic heterocycles. The van der Waals surface area contributed by atoms with Crippen molar-refractivity contribution in [2.24, 2.45) is 5.92 Å². The molecule has 3 N–H and O–H groups in total. The predicted molar refractivity (Wildman–Crippen MR) is 109 cm³/mol. The fourth-order valence-corrected chi connectivity index (χ4v) is 4.21. The molecule has 1 aromatic rings. The summed E-state index contributed by atoms with van der Waals surface area (Å²) < 4.78 is 0. The van der Waals surface area contributed by atoms with Crippen molar-refractivity contribution >= 4 is 41.3 Å². The second-order valence-corrected chi connectivity index (χ2v) is 7.48. The number of piperazine rings is 1. The van der Waals surface area contributed by atoms with Gasteiger partial charge in [-0.2, -0.15) is 0 Å². The topological polar surface area (TPSA) is 41.5 Å². The molecule has 138 valence electrons. The number of hydrogen-bond donors (Lipinski definition) is 1. The maximum absolute atomic E-state index is 6.34. The molecule has 2 aliphatic rings. The van der Waals surface area contributed by atoms with Gasteiger partial charge in [0.1, 0.15) is 0 Å². The number of rotatable bonds is 4. The Morgan fingerprint density at radius 1 is 0.958 bits per heavy atom. The van der Waals surface area contributed by atoms with Gasteiger partial charge in [-0.3, -0.25) is 4.90 Å². The lowest BCUT2D eigenvalue weighted by molar-refractivity contribution is 0.221. The molecule has 0 unspecified atom stereocenters. The SMILES string of the molecule is Cl.Clc1cccc(N2CCN(CCC3CCCCC3)CC2)c1Cl.N. The van der Waals surface area contributed by atoms with Crippen LogP contribution in [0.15, 0.2) is 18.2 Å². The van der Waals surface area contributed by atoms with Crippen LogP contribution in [0.2, 0.25) is 10.0 Å². The van der Waals surface area contributed by atoms with Gasteiger partial charge in [-0.1, -0.05) is 61.4 Å². The average Bonchev–Trinajstić information content (AvgIpc) is 2.57. The van der Waals surface area contributed by atoms with Gasteiger partial charge in [0.15, 0.2) is 0 Å². The molecule has 0 radical (unpaired) electrons. The van der Waals surface area contributed by atoms with E-state index < -0.39 is 0 Å². The molecule has 1 aliphatic carbocycles. The fraction of sp³-hybridized carbons (Fsp3) is 0.667. The summed E-state index contributed by atoms with van der Waals surface area (Å²) in [5, 5.41) is 1.35. The zero-order valence-corrected chi connectivity index (χ0v) is 16.7. The summed E-state index contributed by atoms with van der Waals surface area (Å²) in [6.07, 6.45) is 8.65. The molecule has 3 rings (SSSR count). The van der Waals surface area contributed by atoms with Crippen LogP contribution in [0.25, 0.3) is 0 Å². The molecule has 0 spiro atoms. The Morgan fingerprint density at radius 2 is 1.62 bits per heavy atom. The van der Waals surface area contributed by atoms with Crippen molar-refractivity contribution in [2.45, 2.75) is 38.5 Å². The minimum atomic E-state index is 0. The third-order valence-corrected chi connectivity index (χ3v) is 6.03. The Kier molecular flexibility index (Phi) is 9.76. The lowest BCUT2D eigenvalue weighted by Gasteiger charge is -2.37. The third kappa shape index (κ3) is 5.67. The van der Waals surface area contributed by atoms with E-state index in [0.29, 0.717) is 10.0 Å². The summed E-state index contributed by atoms with van der Waals surface area (Å²) in [4.78, 5) is 4.98. The van der Waals surface area contributed by atoms with Crippen LogP contribution in [0.5, 0.6) is 0 Å². The zero-order chi connectivity index (χ0) is 15.4. The van der Waals surface area contributed by atoms with E-state index >= 15 is 0 Å². The fourth-order valence-electron chi connectivity index (χ4n) is 3.79. The zero-order valence-electron chi connectivity index (χ0n) is 14.4. The quantitative estimate of drug-likeness (QED) is 0.715. The maximum Gasteiger partial charge on any atom is 0.0825 e. The maximum atomic E-state index is 6.34. The van der Waals surface area contributed by atoms with E-state index in [0.717, 1.165) is 37.8 Å². The van der Waals surface area contributed by atoms with Gasteiger partial charge in [-0.05, 0) is 31.0 Å². The molecule has 1 saturated heterocycles. The molecular weight excluding hydrogens is 365 g/mol. The summed E-state index contributed by atoms with van der Waals surface area (Å²) in [5.41, 5.74) is 1.08. The van der Waals surface area contributed by atoms with E-state index in [9.17, 15) is 0 Å². The molecule has 24 heavy (non-hydrogen) atoms. The van der Waals surface area contributed by atoms with Crippen LogP contribution in [0.3, 0.4) is 0 Å². The molecule has 1 aromatic carbocycles. The van der Waals surface area contributed by atoms with Gasteiger partial charge < -0.3 is 11.1 Å². The largest absolute Gasteiger partial charge is 0.368 e. The van der Waals surface area contributed by atoms with Crippen molar-refractivity contribution in [2.75, 3.05) is 37.6 Å². The van der Waals surface area contributed by atoms with Crippen molar-refractivity contribution in [3.63, 3.8) is 0 Å². The van der Waals surface area contributed by atoms with Crippen LogP contribution in [0.4, 0.5) is 5.69 Å². The molecule has 6 heteroatoms. The van der Waals surface area contributed by atoms with Gasteiger partial charge in [0.25, 0.3) is 0 Å². The third-order valence-electron chi connectivity index (χ3n) is 5.22. The van der Waals surface area contributed by atoms with Crippen molar-refractivity contribution in [3.05, 3.63) is 28.2 Å². The molecule has 1 saturated carbocycles. The normalized spacial score (nSPS) is 19.5. The predicted octanol–water partition coefficient (Wildman–Crippen LogP) is 5.67. The van der Waals surface area contributed by atoms with Crippen molar-refractivity contribution < 1.29 is 0 Å². The molecule has 0 bridgehead atoms. The second kappa shape index (κ2) is 10.7. The number of anilines is 1. The summed E-state index contributed by atoms with van der Waals surface area (Å²) in [5.74, 6) is 0.981. The van der Waals surface area contributed by atoms with Crippen LogP contribution in [0, 0.1) is 5.92 Å². The van der Waals surface area contributed by atoms with Crippen molar-refractivity contribution in [3.8, 4) is 0 Å². The summed E-state index contributed by atoms with van der Waals surface area (Å²) >= 11 is 12.5. The van der Waals surface area contributed by atoms with Gasteiger partial charge in [-0.25, -0.2) is 0 Å². The van der Waals surface area contributed by atoms with Gasteiger partial charge >= 0.3 is 0 Å². The molecule has 3 nitrogen and oxygen atoms in total. The van der Waals surface area contributed by atoms with Gasteiger partial charge in [0, 0.05) is 26.2 Å². The van der Waals surface area contributed by atoms with Gasteiger partial charge in [0.05, 0.1) is 15.7 Å². The minimum Gasteiger partial charge on any atom is -0.368 e. The minimum absolute atomic E-state index is 0. The van der Waals surface area contributed by atoms with E-state index in [1.54, 1.807) is 0 Å². The average molecular weight is 395 g/mol. The van der Waals surface area contributed by atoms with E-state index in [4.69, 9.17) is 23.2 Å². The summed E-state index contributed by atoms with van der Waals surface area (Å²) in [6.45, 7) is 5.63. The Bertz CT molecular complexity index is 484. The number of benzene rings is 1. The van der Waals surface area contributed by atoms with E-state index in [1.807, 2.05) is 12.1 Å². The van der Waals surface area contributed by atoms with E-state index in [1.165, 1.54) is 45.1 Å². The monoisotopic (exact) mass is 393 g/mol. The van der Waals surface area contributed by atoms with Crippen LogP contribution in [0.1, 0.15) is 38.5 Å². The molecular formula is C18H30Cl3N3. The van der Waals surface area contributed by atoms with Crippen LogP contribution in [-0.4, -0.2) is 37.6 Å². The highest BCUT2D eigenvalue weighted by Crippen LogP contribution is 2.33. The standard InChI is InChI=1S/C18H26Cl2N2.ClH.H3N/c19-16-7-4-8-17(18(16)20)22-13-11-21(12-14-22)10-9-15-5-2-1-3-6-15;;/h4,7-8,15H,1-3,5-6,9-14H2;1H;1H3. The number of hydrogen-bond acceptors (Lipinski definition) is 3. The summed E-state index contributed by atoms with van der Waals surface area (Å²) in [6, 6.07) is 5.92. The molecule has 1 heterocycles. The Labute approximate surface area is 162 Å². The molecule has 0 atom stereocenters. The van der Waals surface area contributed by atoms with E-state index in [-0.39, 0.29) is 18.6 Å². The van der Waals surface area contributed by atoms with Crippen LogP contribution >= 0.6 is 35.6 Å². The van der Waals surface area contributed by atoms with Crippen LogP contribution < -0.4 is 11.1 Å². The Morgan fingerprint density at radius 3 is 2.29 bits per heavy atom. The Hall–Kier alpha value is -0.190. The first kappa shape index (κ1) is 21.9. The van der Waals surface area contributed by atoms with Crippen molar-refractivity contribution in [1.29, 1.82) is 0 Å². The number of nitrogens with zero attached hydrogens (tertiary/aromatic N) is 2.